The first-order valence-electron chi connectivity index (χ1n) is 8.72. The Morgan fingerprint density at radius 1 is 1.21 bits per heavy atom. The molecular weight excluding hydrogens is 383 g/mol. The number of hydrogen-bond acceptors (Lipinski definition) is 5. The summed E-state index contributed by atoms with van der Waals surface area (Å²) in [5, 5.41) is 2.70. The number of ether oxygens (including phenoxy) is 1. The molecule has 0 radical (unpaired) electrons. The number of benzene rings is 2. The highest BCUT2D eigenvalue weighted by Crippen LogP contribution is 2.29. The minimum absolute atomic E-state index is 0.108. The molecule has 0 aliphatic carbocycles. The molecule has 0 saturated carbocycles. The maximum Gasteiger partial charge on any atom is 0.307 e. The number of esters is 1. The summed E-state index contributed by atoms with van der Waals surface area (Å²) < 4.78 is 18.1. The third-order valence-corrected chi connectivity index (χ3v) is 5.09. The Labute approximate surface area is 166 Å². The van der Waals surface area contributed by atoms with E-state index in [9.17, 15) is 18.8 Å². The predicted molar refractivity (Wildman–Crippen MR) is 105 cm³/mol. The van der Waals surface area contributed by atoms with Gasteiger partial charge in [-0.15, -0.1) is 11.8 Å². The number of rotatable bonds is 6. The number of anilines is 2. The molecule has 146 valence electrons. The van der Waals surface area contributed by atoms with Gasteiger partial charge in [-0.05, 0) is 43.3 Å². The molecule has 28 heavy (non-hydrogen) atoms. The first-order valence-corrected chi connectivity index (χ1v) is 9.70. The van der Waals surface area contributed by atoms with Gasteiger partial charge in [0.1, 0.15) is 12.4 Å². The summed E-state index contributed by atoms with van der Waals surface area (Å²) in [4.78, 5) is 38.8. The number of halogens is 1. The fourth-order valence-corrected chi connectivity index (χ4v) is 3.57. The highest BCUT2D eigenvalue weighted by atomic mass is 32.2. The van der Waals surface area contributed by atoms with Gasteiger partial charge >= 0.3 is 5.97 Å². The molecule has 1 N–H and O–H groups in total. The average Bonchev–Trinajstić information content (AvgIpc) is 2.68. The minimum Gasteiger partial charge on any atom is -0.452 e. The maximum absolute atomic E-state index is 12.9. The van der Waals surface area contributed by atoms with Gasteiger partial charge in [-0.25, -0.2) is 4.39 Å². The lowest BCUT2D eigenvalue weighted by Crippen LogP contribution is -2.47. The molecular formula is C20H19FN2O4S. The largest absolute Gasteiger partial charge is 0.452 e. The second-order valence-corrected chi connectivity index (χ2v) is 7.34. The third kappa shape index (κ3) is 4.89. The first kappa shape index (κ1) is 19.9. The van der Waals surface area contributed by atoms with E-state index in [1.165, 1.54) is 35.7 Å². The van der Waals surface area contributed by atoms with Crippen LogP contribution in [0.5, 0.6) is 0 Å². The molecule has 8 heteroatoms. The van der Waals surface area contributed by atoms with E-state index < -0.39 is 18.0 Å². The number of fused-ring (bicyclic) bond motifs is 1. The van der Waals surface area contributed by atoms with E-state index in [2.05, 4.69) is 5.32 Å². The van der Waals surface area contributed by atoms with E-state index in [1.54, 1.807) is 36.4 Å². The monoisotopic (exact) mass is 402 g/mol. The number of carbonyl (C=O) groups is 3. The highest BCUT2D eigenvalue weighted by Gasteiger charge is 2.31. The second kappa shape index (κ2) is 8.88. The molecule has 0 bridgehead atoms. The molecule has 0 unspecified atom stereocenters. The zero-order valence-electron chi connectivity index (χ0n) is 15.2. The molecule has 2 amide bonds. The summed E-state index contributed by atoms with van der Waals surface area (Å²) in [5.74, 6) is -1.14. The summed E-state index contributed by atoms with van der Waals surface area (Å²) in [5.41, 5.74) is 1.11. The van der Waals surface area contributed by atoms with Crippen LogP contribution in [0.25, 0.3) is 0 Å². The molecule has 2 aromatic rings. The van der Waals surface area contributed by atoms with Gasteiger partial charge in [0.2, 0.25) is 5.91 Å². The Hall–Kier alpha value is -2.87. The SMILES string of the molecule is C[C@@H](OC(=O)CCSc1ccc(F)cc1)C(=O)N1CC(=O)Nc2ccccc21. The van der Waals surface area contributed by atoms with E-state index in [4.69, 9.17) is 4.74 Å². The molecule has 0 aromatic heterocycles. The topological polar surface area (TPSA) is 75.7 Å². The van der Waals surface area contributed by atoms with E-state index in [0.29, 0.717) is 17.1 Å². The average molecular weight is 402 g/mol. The Morgan fingerprint density at radius 3 is 2.68 bits per heavy atom. The molecule has 6 nitrogen and oxygen atoms in total. The zero-order chi connectivity index (χ0) is 20.1. The molecule has 0 spiro atoms. The van der Waals surface area contributed by atoms with Crippen molar-refractivity contribution in [2.24, 2.45) is 0 Å². The molecule has 0 saturated heterocycles. The van der Waals surface area contributed by atoms with Crippen LogP contribution in [0, 0.1) is 5.82 Å². The molecule has 1 atom stereocenters. The van der Waals surface area contributed by atoms with Gasteiger partial charge in [-0.2, -0.15) is 0 Å². The number of carbonyl (C=O) groups excluding carboxylic acids is 3. The van der Waals surface area contributed by atoms with Crippen molar-refractivity contribution < 1.29 is 23.5 Å². The third-order valence-electron chi connectivity index (χ3n) is 4.08. The van der Waals surface area contributed by atoms with Crippen LogP contribution in [0.4, 0.5) is 15.8 Å². The zero-order valence-corrected chi connectivity index (χ0v) is 16.0. The number of thioether (sulfide) groups is 1. The molecule has 3 rings (SSSR count). The summed E-state index contributed by atoms with van der Waals surface area (Å²) in [6.45, 7) is 1.36. The summed E-state index contributed by atoms with van der Waals surface area (Å²) in [6.07, 6.45) is -0.904. The lowest BCUT2D eigenvalue weighted by molar-refractivity contribution is -0.153. The number of hydrogen-bond donors (Lipinski definition) is 1. The van der Waals surface area contributed by atoms with Gasteiger partial charge in [0, 0.05) is 10.6 Å². The van der Waals surface area contributed by atoms with E-state index in [0.717, 1.165) is 4.90 Å². The number of nitrogens with one attached hydrogen (secondary N) is 1. The summed E-state index contributed by atoms with van der Waals surface area (Å²) in [6, 6.07) is 12.9. The van der Waals surface area contributed by atoms with Crippen LogP contribution < -0.4 is 10.2 Å². The normalized spacial score (nSPS) is 14.1. The molecule has 2 aromatic carbocycles. The van der Waals surface area contributed by atoms with Crippen LogP contribution in [0.2, 0.25) is 0 Å². The highest BCUT2D eigenvalue weighted by molar-refractivity contribution is 7.99. The smallest absolute Gasteiger partial charge is 0.307 e. The van der Waals surface area contributed by atoms with Gasteiger partial charge < -0.3 is 10.1 Å². The van der Waals surface area contributed by atoms with Crippen molar-refractivity contribution in [3.8, 4) is 0 Å². The van der Waals surface area contributed by atoms with Crippen molar-refractivity contribution in [2.75, 3.05) is 22.5 Å². The second-order valence-electron chi connectivity index (χ2n) is 6.17. The molecule has 0 fully saturated rings. The van der Waals surface area contributed by atoms with Crippen LogP contribution in [-0.4, -0.2) is 36.2 Å². The van der Waals surface area contributed by atoms with Crippen LogP contribution in [0.1, 0.15) is 13.3 Å². The van der Waals surface area contributed by atoms with Crippen LogP contribution in [0.15, 0.2) is 53.4 Å². The van der Waals surface area contributed by atoms with Gasteiger partial charge in [-0.1, -0.05) is 12.1 Å². The van der Waals surface area contributed by atoms with Crippen LogP contribution in [0.3, 0.4) is 0 Å². The van der Waals surface area contributed by atoms with E-state index in [-0.39, 0.29) is 24.7 Å². The summed E-state index contributed by atoms with van der Waals surface area (Å²) in [7, 11) is 0. The van der Waals surface area contributed by atoms with Crippen LogP contribution >= 0.6 is 11.8 Å². The van der Waals surface area contributed by atoms with Crippen molar-refractivity contribution in [3.05, 3.63) is 54.3 Å². The van der Waals surface area contributed by atoms with Gasteiger partial charge in [0.05, 0.1) is 17.8 Å². The Kier molecular flexibility index (Phi) is 6.30. The lowest BCUT2D eigenvalue weighted by atomic mass is 10.1. The van der Waals surface area contributed by atoms with Gasteiger partial charge in [-0.3, -0.25) is 19.3 Å². The van der Waals surface area contributed by atoms with E-state index in [1.807, 2.05) is 0 Å². The van der Waals surface area contributed by atoms with Crippen molar-refractivity contribution in [2.45, 2.75) is 24.3 Å². The standard InChI is InChI=1S/C20H19FN2O4S/c1-13(27-19(25)10-11-28-15-8-6-14(21)7-9-15)20(26)23-12-18(24)22-16-4-2-3-5-17(16)23/h2-9,13H,10-12H2,1H3,(H,22,24)/t13-/m1/s1. The Balaban J connectivity index is 1.53. The van der Waals surface area contributed by atoms with Gasteiger partial charge in [0.15, 0.2) is 6.10 Å². The van der Waals surface area contributed by atoms with Crippen molar-refractivity contribution in [1.29, 1.82) is 0 Å². The van der Waals surface area contributed by atoms with Crippen molar-refractivity contribution >= 4 is 40.9 Å². The predicted octanol–water partition coefficient (Wildman–Crippen LogP) is 3.22. The molecule has 1 heterocycles. The Morgan fingerprint density at radius 2 is 1.93 bits per heavy atom. The fraction of sp³-hybridized carbons (Fsp3) is 0.250. The molecule has 1 aliphatic heterocycles. The quantitative estimate of drug-likeness (QED) is 0.593. The first-order chi connectivity index (χ1) is 13.4. The minimum atomic E-state index is -1.01. The van der Waals surface area contributed by atoms with Gasteiger partial charge in [0.25, 0.3) is 5.91 Å². The fourth-order valence-electron chi connectivity index (χ4n) is 2.74. The summed E-state index contributed by atoms with van der Waals surface area (Å²) >= 11 is 1.40. The van der Waals surface area contributed by atoms with E-state index >= 15 is 0 Å². The van der Waals surface area contributed by atoms with Crippen molar-refractivity contribution in [3.63, 3.8) is 0 Å². The number of nitrogens with zero attached hydrogens (tertiary/aromatic N) is 1. The maximum atomic E-state index is 12.9. The lowest BCUT2D eigenvalue weighted by Gasteiger charge is -2.30. The van der Waals surface area contributed by atoms with Crippen LogP contribution in [-0.2, 0) is 19.1 Å². The molecule has 1 aliphatic rings. The number of amides is 2. The van der Waals surface area contributed by atoms with Crippen molar-refractivity contribution in [1.82, 2.24) is 0 Å². The number of para-hydroxylation sites is 2. The Bertz CT molecular complexity index is 888.